The molecule has 0 radical (unpaired) electrons. The van der Waals surface area contributed by atoms with Gasteiger partial charge in [-0.25, -0.2) is 0 Å². The lowest BCUT2D eigenvalue weighted by Gasteiger charge is -2.45. The van der Waals surface area contributed by atoms with Crippen molar-refractivity contribution >= 4 is 5.91 Å². The van der Waals surface area contributed by atoms with Crippen LogP contribution in [0.15, 0.2) is 0 Å². The lowest BCUT2D eigenvalue weighted by Crippen LogP contribution is -2.59. The number of aliphatic hydroxyl groups excluding tert-OH is 3. The predicted molar refractivity (Wildman–Crippen MR) is 150 cm³/mol. The molecule has 0 spiro atoms. The number of amides is 1. The Balaban J connectivity index is 2.51. The van der Waals surface area contributed by atoms with Crippen LogP contribution in [0.4, 0.5) is 0 Å². The lowest BCUT2D eigenvalue weighted by atomic mass is 9.78. The highest BCUT2D eigenvalue weighted by Gasteiger charge is 2.49. The third-order valence-corrected chi connectivity index (χ3v) is 9.25. The highest BCUT2D eigenvalue weighted by Crippen LogP contribution is 2.36. The average Bonchev–Trinajstić information content (AvgIpc) is 2.89. The highest BCUT2D eigenvalue weighted by atomic mass is 16.7. The number of aliphatic hydroxyl groups is 5. The van der Waals surface area contributed by atoms with E-state index in [0.29, 0.717) is 12.8 Å². The van der Waals surface area contributed by atoms with Gasteiger partial charge in [-0.15, -0.1) is 0 Å². The largest absolute Gasteiger partial charge is 0.392 e. The Bertz CT molecular complexity index is 812. The number of hydrogen-bond donors (Lipinski definition) is 6. The highest BCUT2D eigenvalue weighted by molar-refractivity contribution is 5.78. The molecule has 2 saturated heterocycles. The maximum Gasteiger partial charge on any atom is 0.225 e. The van der Waals surface area contributed by atoms with Gasteiger partial charge in [0.15, 0.2) is 6.29 Å². The van der Waals surface area contributed by atoms with Crippen molar-refractivity contribution in [3.8, 4) is 0 Å². The zero-order valence-electron chi connectivity index (χ0n) is 26.1. The van der Waals surface area contributed by atoms with Crippen LogP contribution < -0.4 is 5.32 Å². The van der Waals surface area contributed by atoms with Crippen LogP contribution in [0.2, 0.25) is 0 Å². The molecule has 2 heterocycles. The summed E-state index contributed by atoms with van der Waals surface area (Å²) >= 11 is 0. The minimum atomic E-state index is -1.67. The fourth-order valence-corrected chi connectivity index (χ4v) is 6.46. The molecule has 6 N–H and O–H groups in total. The second kappa shape index (κ2) is 14.1. The molecule has 0 aromatic carbocycles. The maximum atomic E-state index is 13.5. The second-order valence-electron chi connectivity index (χ2n) is 12.9. The van der Waals surface area contributed by atoms with Crippen molar-refractivity contribution in [1.29, 1.82) is 0 Å². The molecule has 0 saturated carbocycles. The van der Waals surface area contributed by atoms with Gasteiger partial charge in [0.2, 0.25) is 5.91 Å². The molecule has 2 rings (SSSR count). The van der Waals surface area contributed by atoms with Crippen LogP contribution in [-0.2, 0) is 19.0 Å². The molecule has 11 heteroatoms. The van der Waals surface area contributed by atoms with Crippen LogP contribution in [0.25, 0.3) is 0 Å². The van der Waals surface area contributed by atoms with Crippen LogP contribution >= 0.6 is 0 Å². The maximum absolute atomic E-state index is 13.5. The van der Waals surface area contributed by atoms with Crippen molar-refractivity contribution in [2.45, 2.75) is 141 Å². The minimum Gasteiger partial charge on any atom is -0.392 e. The van der Waals surface area contributed by atoms with Crippen molar-refractivity contribution in [2.75, 3.05) is 20.7 Å². The van der Waals surface area contributed by atoms with Gasteiger partial charge in [-0.1, -0.05) is 27.7 Å². The molecule has 0 aromatic heterocycles. The van der Waals surface area contributed by atoms with E-state index in [-0.39, 0.29) is 31.1 Å². The SMILES string of the molecule is CC[C@H]1OC[C@@H](C)[C@H](O)[C@H](C)[C@@H](O[C@H]2O[C@H](C)C[C@H](NC)[C@H]2O)[C@](C)(O)C[C@@H](C)C(=O)N(C)[C@H](C)[C@@H](O)[C@]1(C)O. The van der Waals surface area contributed by atoms with Crippen molar-refractivity contribution in [1.82, 2.24) is 10.2 Å². The number of rotatable bonds is 4. The summed E-state index contributed by atoms with van der Waals surface area (Å²) in [6, 6.07) is -1.04. The van der Waals surface area contributed by atoms with Gasteiger partial charge >= 0.3 is 0 Å². The quantitative estimate of drug-likeness (QED) is 0.280. The number of carbonyl (C=O) groups excluding carboxylic acids is 1. The zero-order valence-corrected chi connectivity index (χ0v) is 26.1. The number of likely N-dealkylation sites (N-methyl/N-ethyl adjacent to an activating group) is 2. The summed E-state index contributed by atoms with van der Waals surface area (Å²) in [5, 5.41) is 59.8. The standard InChI is InChI=1S/C29H56N2O9/c1-11-21-29(8,37)24(34)19(6)31(10)26(35)15(2)13-28(7,36)25(18(5)22(32)16(3)14-38-21)40-27-23(33)20(30-9)12-17(4)39-27/h15-25,27,30,32-34,36-37H,11-14H2,1-10H3/t15-,16-,17-,18+,19-,20+,21-,22+,23-,24-,25-,27-,28-,29-/m1/s1. The summed E-state index contributed by atoms with van der Waals surface area (Å²) < 4.78 is 18.3. The molecule has 0 aromatic rings. The normalized spacial score (nSPS) is 48.9. The van der Waals surface area contributed by atoms with Crippen LogP contribution in [0, 0.1) is 17.8 Å². The van der Waals surface area contributed by atoms with Crippen molar-refractivity contribution in [3.63, 3.8) is 0 Å². The van der Waals surface area contributed by atoms with Crippen molar-refractivity contribution < 1.29 is 44.5 Å². The Morgan fingerprint density at radius 1 is 1.07 bits per heavy atom. The van der Waals surface area contributed by atoms with Crippen LogP contribution in [0.3, 0.4) is 0 Å². The Morgan fingerprint density at radius 2 is 1.68 bits per heavy atom. The van der Waals surface area contributed by atoms with Gasteiger partial charge in [-0.3, -0.25) is 4.79 Å². The van der Waals surface area contributed by atoms with E-state index >= 15 is 0 Å². The van der Waals surface area contributed by atoms with E-state index in [0.717, 1.165) is 0 Å². The molecule has 2 aliphatic heterocycles. The van der Waals surface area contributed by atoms with Gasteiger partial charge in [0, 0.05) is 30.8 Å². The molecular weight excluding hydrogens is 520 g/mol. The molecule has 0 bridgehead atoms. The third-order valence-electron chi connectivity index (χ3n) is 9.25. The van der Waals surface area contributed by atoms with Gasteiger partial charge < -0.3 is 50.0 Å². The molecule has 11 nitrogen and oxygen atoms in total. The van der Waals surface area contributed by atoms with Crippen LogP contribution in [0.1, 0.15) is 74.7 Å². The number of carbonyl (C=O) groups is 1. The number of hydrogen-bond acceptors (Lipinski definition) is 10. The minimum absolute atomic E-state index is 0.0204. The molecule has 40 heavy (non-hydrogen) atoms. The first-order chi connectivity index (χ1) is 18.4. The predicted octanol–water partition coefficient (Wildman–Crippen LogP) is 0.633. The number of nitrogens with one attached hydrogen (secondary N) is 1. The van der Waals surface area contributed by atoms with E-state index in [4.69, 9.17) is 14.2 Å². The van der Waals surface area contributed by atoms with Gasteiger partial charge in [-0.2, -0.15) is 0 Å². The molecule has 14 atom stereocenters. The van der Waals surface area contributed by atoms with Gasteiger partial charge in [0.05, 0.1) is 42.7 Å². The molecule has 0 aliphatic carbocycles. The molecular formula is C29H56N2O9. The monoisotopic (exact) mass is 576 g/mol. The Morgan fingerprint density at radius 3 is 2.23 bits per heavy atom. The first-order valence-corrected chi connectivity index (χ1v) is 14.8. The van der Waals surface area contributed by atoms with E-state index < -0.39 is 71.8 Å². The molecule has 0 unspecified atom stereocenters. The average molecular weight is 577 g/mol. The van der Waals surface area contributed by atoms with E-state index in [9.17, 15) is 30.3 Å². The zero-order chi connectivity index (χ0) is 30.7. The van der Waals surface area contributed by atoms with E-state index in [1.54, 1.807) is 48.7 Å². The Labute approximate surface area is 240 Å². The van der Waals surface area contributed by atoms with Crippen LogP contribution in [0.5, 0.6) is 0 Å². The molecule has 2 aliphatic rings. The topological polar surface area (TPSA) is 161 Å². The summed E-state index contributed by atoms with van der Waals surface area (Å²) in [7, 11) is 3.31. The Hall–Kier alpha value is -0.890. The first kappa shape index (κ1) is 35.3. The fraction of sp³-hybridized carbons (Fsp3) is 0.966. The summed E-state index contributed by atoms with van der Waals surface area (Å²) in [6.07, 6.45) is -5.46. The molecule has 1 amide bonds. The summed E-state index contributed by atoms with van der Waals surface area (Å²) in [5.41, 5.74) is -3.29. The van der Waals surface area contributed by atoms with Crippen molar-refractivity contribution in [2.24, 2.45) is 17.8 Å². The van der Waals surface area contributed by atoms with Gasteiger partial charge in [-0.05, 0) is 54.0 Å². The fourth-order valence-electron chi connectivity index (χ4n) is 6.46. The lowest BCUT2D eigenvalue weighted by molar-refractivity contribution is -0.294. The van der Waals surface area contributed by atoms with E-state index in [1.165, 1.54) is 11.8 Å². The smallest absolute Gasteiger partial charge is 0.225 e. The van der Waals surface area contributed by atoms with E-state index in [2.05, 4.69) is 5.32 Å². The van der Waals surface area contributed by atoms with Crippen molar-refractivity contribution in [3.05, 3.63) is 0 Å². The van der Waals surface area contributed by atoms with Gasteiger partial charge in [0.1, 0.15) is 17.8 Å². The number of ether oxygens (including phenoxy) is 3. The Kier molecular flexibility index (Phi) is 12.4. The summed E-state index contributed by atoms with van der Waals surface area (Å²) in [6.45, 7) is 13.7. The second-order valence-corrected chi connectivity index (χ2v) is 12.9. The first-order valence-electron chi connectivity index (χ1n) is 14.8. The third kappa shape index (κ3) is 7.73. The van der Waals surface area contributed by atoms with Crippen LogP contribution in [-0.4, -0.2) is 123 Å². The number of nitrogens with zero attached hydrogens (tertiary/aromatic N) is 1. The summed E-state index contributed by atoms with van der Waals surface area (Å²) in [4.78, 5) is 14.9. The van der Waals surface area contributed by atoms with Gasteiger partial charge in [0.25, 0.3) is 0 Å². The molecule has 2 fully saturated rings. The molecule has 236 valence electrons. The van der Waals surface area contributed by atoms with E-state index in [1.807, 2.05) is 13.8 Å². The summed E-state index contributed by atoms with van der Waals surface area (Å²) in [5.74, 6) is -2.13.